The summed E-state index contributed by atoms with van der Waals surface area (Å²) < 4.78 is 51.9. The number of rotatable bonds is 4. The van der Waals surface area contributed by atoms with E-state index in [0.29, 0.717) is 5.56 Å². The largest absolute Gasteiger partial charge is 0.481 e. The molecule has 1 N–H and O–H groups in total. The van der Waals surface area contributed by atoms with Gasteiger partial charge in [0, 0.05) is 19.5 Å². The minimum absolute atomic E-state index is 0.162. The number of nitrogens with zero attached hydrogens (tertiary/aromatic N) is 1. The lowest BCUT2D eigenvalue weighted by Gasteiger charge is -2.27. The first-order valence-electron chi connectivity index (χ1n) is 7.16. The quantitative estimate of drug-likeness (QED) is 0.853. The van der Waals surface area contributed by atoms with Crippen LogP contribution in [0, 0.1) is 11.2 Å². The van der Waals surface area contributed by atoms with Gasteiger partial charge in [-0.3, -0.25) is 9.59 Å². The van der Waals surface area contributed by atoms with Crippen LogP contribution in [0.4, 0.5) is 17.6 Å². The Morgan fingerprint density at radius 3 is 2.38 bits per heavy atom. The van der Waals surface area contributed by atoms with Crippen LogP contribution in [0.1, 0.15) is 18.4 Å². The second-order valence-corrected chi connectivity index (χ2v) is 5.61. The van der Waals surface area contributed by atoms with Gasteiger partial charge in [-0.15, -0.1) is 0 Å². The molecule has 2 rings (SSSR count). The molecule has 1 fully saturated rings. The van der Waals surface area contributed by atoms with Crippen LogP contribution in [0.2, 0.25) is 0 Å². The van der Waals surface area contributed by atoms with Crippen molar-refractivity contribution >= 4 is 18.0 Å². The molecule has 1 atom stereocenters. The van der Waals surface area contributed by atoms with Crippen molar-refractivity contribution in [2.45, 2.75) is 19.0 Å². The van der Waals surface area contributed by atoms with Gasteiger partial charge in [-0.2, -0.15) is 13.2 Å². The molecule has 1 heterocycles. The predicted octanol–water partition coefficient (Wildman–Crippen LogP) is 3.09. The molecule has 0 aromatic heterocycles. The van der Waals surface area contributed by atoms with Gasteiger partial charge in [-0.25, -0.2) is 4.39 Å². The molecule has 0 saturated carbocycles. The van der Waals surface area contributed by atoms with Crippen molar-refractivity contribution in [2.24, 2.45) is 5.41 Å². The second kappa shape index (κ2) is 6.62. The van der Waals surface area contributed by atoms with Gasteiger partial charge in [-0.1, -0.05) is 24.3 Å². The van der Waals surface area contributed by atoms with Crippen molar-refractivity contribution < 1.29 is 32.3 Å². The SMILES string of the molecule is O=C(C/C=C/c1ccc(F)cc1)N1CCC(C(=O)O)(C(F)(F)F)C1. The zero-order chi connectivity index (χ0) is 18.0. The number of likely N-dealkylation sites (tertiary alicyclic amines) is 1. The molecule has 24 heavy (non-hydrogen) atoms. The highest BCUT2D eigenvalue weighted by Gasteiger charge is 2.64. The van der Waals surface area contributed by atoms with E-state index in [9.17, 15) is 27.2 Å². The van der Waals surface area contributed by atoms with Crippen LogP contribution >= 0.6 is 0 Å². The van der Waals surface area contributed by atoms with Crippen molar-refractivity contribution in [2.75, 3.05) is 13.1 Å². The summed E-state index contributed by atoms with van der Waals surface area (Å²) in [6.45, 7) is -1.13. The molecule has 1 aromatic rings. The zero-order valence-electron chi connectivity index (χ0n) is 12.5. The third-order valence-corrected chi connectivity index (χ3v) is 4.05. The number of halogens is 4. The lowest BCUT2D eigenvalue weighted by molar-refractivity contribution is -0.227. The number of alkyl halides is 3. The van der Waals surface area contributed by atoms with Gasteiger partial charge in [0.25, 0.3) is 0 Å². The van der Waals surface area contributed by atoms with E-state index in [-0.39, 0.29) is 13.0 Å². The van der Waals surface area contributed by atoms with Crippen LogP contribution in [0.5, 0.6) is 0 Å². The van der Waals surface area contributed by atoms with Gasteiger partial charge in [0.1, 0.15) is 5.82 Å². The Morgan fingerprint density at radius 1 is 1.25 bits per heavy atom. The molecule has 1 amide bonds. The van der Waals surface area contributed by atoms with E-state index in [0.717, 1.165) is 4.90 Å². The number of hydrogen-bond acceptors (Lipinski definition) is 2. The standard InChI is InChI=1S/C16H15F4NO3/c17-12-6-4-11(5-7-12)2-1-3-13(22)21-9-8-15(10-21,14(23)24)16(18,19)20/h1-2,4-7H,3,8-10H2,(H,23,24)/b2-1+. The van der Waals surface area contributed by atoms with Crippen LogP contribution in [0.15, 0.2) is 30.3 Å². The van der Waals surface area contributed by atoms with Crippen molar-refractivity contribution in [1.29, 1.82) is 0 Å². The maximum Gasteiger partial charge on any atom is 0.406 e. The number of amides is 1. The van der Waals surface area contributed by atoms with Crippen LogP contribution < -0.4 is 0 Å². The van der Waals surface area contributed by atoms with E-state index in [4.69, 9.17) is 5.11 Å². The normalized spacial score (nSPS) is 21.4. The maximum absolute atomic E-state index is 13.0. The molecular weight excluding hydrogens is 330 g/mol. The maximum atomic E-state index is 13.0. The van der Waals surface area contributed by atoms with E-state index in [1.807, 2.05) is 0 Å². The van der Waals surface area contributed by atoms with E-state index >= 15 is 0 Å². The van der Waals surface area contributed by atoms with E-state index < -0.39 is 42.3 Å². The molecular formula is C16H15F4NO3. The molecule has 1 aliphatic rings. The van der Waals surface area contributed by atoms with Crippen molar-refractivity contribution in [3.8, 4) is 0 Å². The van der Waals surface area contributed by atoms with Gasteiger partial charge in [0.2, 0.25) is 5.91 Å². The summed E-state index contributed by atoms with van der Waals surface area (Å²) in [6.07, 6.45) is -2.74. The average Bonchev–Trinajstić information content (AvgIpc) is 2.96. The number of carbonyl (C=O) groups is 2. The summed E-state index contributed by atoms with van der Waals surface area (Å²) in [6, 6.07) is 5.47. The molecule has 0 bridgehead atoms. The number of hydrogen-bond donors (Lipinski definition) is 1. The summed E-state index contributed by atoms with van der Waals surface area (Å²) in [5, 5.41) is 8.94. The zero-order valence-corrected chi connectivity index (χ0v) is 12.5. The topological polar surface area (TPSA) is 57.6 Å². The summed E-state index contributed by atoms with van der Waals surface area (Å²) in [7, 11) is 0. The highest BCUT2D eigenvalue weighted by atomic mass is 19.4. The average molecular weight is 345 g/mol. The molecule has 1 aliphatic heterocycles. The Hall–Kier alpha value is -2.38. The molecule has 1 aromatic carbocycles. The van der Waals surface area contributed by atoms with E-state index in [2.05, 4.69) is 0 Å². The van der Waals surface area contributed by atoms with Crippen molar-refractivity contribution in [1.82, 2.24) is 4.90 Å². The molecule has 8 heteroatoms. The summed E-state index contributed by atoms with van der Waals surface area (Å²) in [5.74, 6) is -2.95. The highest BCUT2D eigenvalue weighted by Crippen LogP contribution is 2.45. The Balaban J connectivity index is 1.99. The van der Waals surface area contributed by atoms with Crippen LogP contribution in [-0.2, 0) is 9.59 Å². The minimum atomic E-state index is -4.92. The molecule has 4 nitrogen and oxygen atoms in total. The van der Waals surface area contributed by atoms with Gasteiger partial charge >= 0.3 is 12.1 Å². The first-order valence-corrected chi connectivity index (χ1v) is 7.16. The number of aliphatic carboxylic acids is 1. The summed E-state index contributed by atoms with van der Waals surface area (Å²) in [4.78, 5) is 24.0. The first kappa shape index (κ1) is 18.0. The Kier molecular flexibility index (Phi) is 4.96. The molecule has 0 aliphatic carbocycles. The molecule has 130 valence electrons. The number of benzene rings is 1. The van der Waals surface area contributed by atoms with Gasteiger partial charge < -0.3 is 10.0 Å². The third-order valence-electron chi connectivity index (χ3n) is 4.05. The van der Waals surface area contributed by atoms with Crippen LogP contribution in [0.3, 0.4) is 0 Å². The van der Waals surface area contributed by atoms with Crippen LogP contribution in [0.25, 0.3) is 6.08 Å². The second-order valence-electron chi connectivity index (χ2n) is 5.61. The fraction of sp³-hybridized carbons (Fsp3) is 0.375. The van der Waals surface area contributed by atoms with Gasteiger partial charge in [0.05, 0.1) is 0 Å². The first-order chi connectivity index (χ1) is 11.2. The summed E-state index contributed by atoms with van der Waals surface area (Å²) >= 11 is 0. The van der Waals surface area contributed by atoms with E-state index in [1.165, 1.54) is 30.3 Å². The van der Waals surface area contributed by atoms with E-state index in [1.54, 1.807) is 6.08 Å². The fourth-order valence-electron chi connectivity index (χ4n) is 2.55. The molecule has 0 spiro atoms. The summed E-state index contributed by atoms with van der Waals surface area (Å²) in [5.41, 5.74) is -2.26. The number of carboxylic acids is 1. The van der Waals surface area contributed by atoms with Crippen LogP contribution in [-0.4, -0.2) is 41.1 Å². The molecule has 1 unspecified atom stereocenters. The number of carboxylic acid groups (broad SMARTS) is 1. The number of carbonyl (C=O) groups excluding carboxylic acids is 1. The third kappa shape index (κ3) is 3.58. The van der Waals surface area contributed by atoms with Crippen molar-refractivity contribution in [3.05, 3.63) is 41.7 Å². The highest BCUT2D eigenvalue weighted by molar-refractivity contribution is 5.82. The smallest absolute Gasteiger partial charge is 0.406 e. The Morgan fingerprint density at radius 2 is 1.88 bits per heavy atom. The Bertz CT molecular complexity index is 654. The lowest BCUT2D eigenvalue weighted by atomic mass is 9.86. The molecule has 0 radical (unpaired) electrons. The monoisotopic (exact) mass is 345 g/mol. The molecule has 1 saturated heterocycles. The van der Waals surface area contributed by atoms with Gasteiger partial charge in [-0.05, 0) is 24.1 Å². The van der Waals surface area contributed by atoms with Gasteiger partial charge in [0.15, 0.2) is 5.41 Å². The lowest BCUT2D eigenvalue weighted by Crippen LogP contribution is -2.47. The predicted molar refractivity (Wildman–Crippen MR) is 77.4 cm³/mol. The minimum Gasteiger partial charge on any atom is -0.481 e. The fourth-order valence-corrected chi connectivity index (χ4v) is 2.55. The van der Waals surface area contributed by atoms with Crippen molar-refractivity contribution in [3.63, 3.8) is 0 Å². The Labute approximate surface area is 135 Å².